The van der Waals surface area contributed by atoms with Gasteiger partial charge in [-0.15, -0.1) is 0 Å². The fourth-order valence-corrected chi connectivity index (χ4v) is 4.00. The molecule has 4 aromatic rings. The van der Waals surface area contributed by atoms with E-state index in [1.807, 2.05) is 36.4 Å². The van der Waals surface area contributed by atoms with Crippen molar-refractivity contribution in [3.8, 4) is 0 Å². The molecule has 2 atom stereocenters. The normalized spacial score (nSPS) is 18.1. The molecule has 1 aliphatic rings. The molecule has 1 aliphatic carbocycles. The van der Waals surface area contributed by atoms with Crippen LogP contribution >= 0.6 is 0 Å². The van der Waals surface area contributed by atoms with Gasteiger partial charge in [0.15, 0.2) is 0 Å². The lowest BCUT2D eigenvalue weighted by atomic mass is 10.0. The van der Waals surface area contributed by atoms with Crippen LogP contribution in [0.25, 0.3) is 27.2 Å². The van der Waals surface area contributed by atoms with Crippen molar-refractivity contribution < 1.29 is 0 Å². The number of allylic oxidation sites excluding steroid dienone is 2. The third-order valence-corrected chi connectivity index (χ3v) is 5.64. The summed E-state index contributed by atoms with van der Waals surface area (Å²) in [4.78, 5) is 21.9. The Kier molecular flexibility index (Phi) is 4.36. The lowest BCUT2D eigenvalue weighted by molar-refractivity contribution is 0.590. The highest BCUT2D eigenvalue weighted by molar-refractivity contribution is 5.94. The molecule has 5 heteroatoms. The van der Waals surface area contributed by atoms with Crippen LogP contribution in [0.4, 0.5) is 0 Å². The van der Waals surface area contributed by atoms with Crippen LogP contribution in [-0.2, 0) is 0 Å². The van der Waals surface area contributed by atoms with Crippen LogP contribution < -0.4 is 5.56 Å². The SMILES string of the molecule is C=N/C=C\C(=C)c1cccc2cnn(C3CC3c3ccc4ccccc4n3)c(=O)c12. The predicted molar refractivity (Wildman–Crippen MR) is 122 cm³/mol. The van der Waals surface area contributed by atoms with Crippen LogP contribution in [0.2, 0.25) is 0 Å². The Morgan fingerprint density at radius 2 is 1.93 bits per heavy atom. The van der Waals surface area contributed by atoms with Crippen molar-refractivity contribution >= 4 is 34.0 Å². The van der Waals surface area contributed by atoms with E-state index in [-0.39, 0.29) is 17.5 Å². The topological polar surface area (TPSA) is 60.1 Å². The van der Waals surface area contributed by atoms with E-state index < -0.39 is 0 Å². The molecule has 1 saturated carbocycles. The van der Waals surface area contributed by atoms with Gasteiger partial charge in [-0.1, -0.05) is 49.0 Å². The summed E-state index contributed by atoms with van der Waals surface area (Å²) in [6, 6.07) is 17.9. The lowest BCUT2D eigenvalue weighted by Crippen LogP contribution is -2.23. The molecular weight excluding hydrogens is 372 g/mol. The second kappa shape index (κ2) is 7.19. The van der Waals surface area contributed by atoms with Crippen molar-refractivity contribution in [3.05, 3.63) is 101 Å². The van der Waals surface area contributed by atoms with E-state index in [9.17, 15) is 4.79 Å². The lowest BCUT2D eigenvalue weighted by Gasteiger charge is -2.10. The van der Waals surface area contributed by atoms with Crippen LogP contribution in [0.3, 0.4) is 0 Å². The maximum Gasteiger partial charge on any atom is 0.275 e. The molecule has 30 heavy (non-hydrogen) atoms. The Hall–Kier alpha value is -3.86. The molecular formula is C25H20N4O. The van der Waals surface area contributed by atoms with Crippen molar-refractivity contribution in [1.82, 2.24) is 14.8 Å². The Balaban J connectivity index is 1.54. The molecule has 5 nitrogen and oxygen atoms in total. The third kappa shape index (κ3) is 3.05. The summed E-state index contributed by atoms with van der Waals surface area (Å²) < 4.78 is 1.61. The van der Waals surface area contributed by atoms with E-state index in [1.165, 1.54) is 0 Å². The van der Waals surface area contributed by atoms with Gasteiger partial charge in [-0.2, -0.15) is 5.10 Å². The molecule has 2 heterocycles. The second-order valence-corrected chi connectivity index (χ2v) is 7.53. The fourth-order valence-electron chi connectivity index (χ4n) is 4.00. The van der Waals surface area contributed by atoms with Gasteiger partial charge in [-0.25, -0.2) is 4.68 Å². The Bertz CT molecular complexity index is 1400. The van der Waals surface area contributed by atoms with Crippen LogP contribution in [0.1, 0.15) is 29.6 Å². The molecule has 2 aromatic carbocycles. The maximum absolute atomic E-state index is 13.4. The van der Waals surface area contributed by atoms with E-state index in [0.29, 0.717) is 11.0 Å². The first-order chi connectivity index (χ1) is 14.7. The second-order valence-electron chi connectivity index (χ2n) is 7.53. The summed E-state index contributed by atoms with van der Waals surface area (Å²) in [6.07, 6.45) is 5.94. The molecule has 146 valence electrons. The molecule has 0 bridgehead atoms. The van der Waals surface area contributed by atoms with Crippen molar-refractivity contribution in [3.63, 3.8) is 0 Å². The predicted octanol–water partition coefficient (Wildman–Crippen LogP) is 4.90. The first-order valence-electron chi connectivity index (χ1n) is 9.85. The van der Waals surface area contributed by atoms with Crippen molar-refractivity contribution in [1.29, 1.82) is 0 Å². The number of fused-ring (bicyclic) bond motifs is 2. The largest absolute Gasteiger partial charge is 0.275 e. The summed E-state index contributed by atoms with van der Waals surface area (Å²) in [5.41, 5.74) is 3.38. The van der Waals surface area contributed by atoms with E-state index in [1.54, 1.807) is 23.2 Å². The van der Waals surface area contributed by atoms with Gasteiger partial charge >= 0.3 is 0 Å². The van der Waals surface area contributed by atoms with Gasteiger partial charge in [0, 0.05) is 28.6 Å². The molecule has 0 amide bonds. The zero-order valence-electron chi connectivity index (χ0n) is 16.4. The van der Waals surface area contributed by atoms with Crippen molar-refractivity contribution in [2.45, 2.75) is 18.4 Å². The van der Waals surface area contributed by atoms with Crippen molar-refractivity contribution in [2.75, 3.05) is 0 Å². The van der Waals surface area contributed by atoms with Gasteiger partial charge in [0.2, 0.25) is 0 Å². The zero-order chi connectivity index (χ0) is 20.7. The number of benzene rings is 2. The highest BCUT2D eigenvalue weighted by Gasteiger charge is 2.42. The minimum Gasteiger partial charge on any atom is -0.272 e. The van der Waals surface area contributed by atoms with Crippen LogP contribution in [0.5, 0.6) is 0 Å². The number of para-hydroxylation sites is 1. The van der Waals surface area contributed by atoms with E-state index >= 15 is 0 Å². The summed E-state index contributed by atoms with van der Waals surface area (Å²) in [6.45, 7) is 7.53. The number of pyridine rings is 1. The molecule has 0 spiro atoms. The van der Waals surface area contributed by atoms with Gasteiger partial charge in [-0.05, 0) is 42.5 Å². The minimum absolute atomic E-state index is 0.0160. The number of hydrogen-bond acceptors (Lipinski definition) is 4. The molecule has 2 unspecified atom stereocenters. The van der Waals surface area contributed by atoms with Crippen LogP contribution in [0.15, 0.2) is 89.4 Å². The molecule has 0 N–H and O–H groups in total. The molecule has 1 fully saturated rings. The van der Waals surface area contributed by atoms with Gasteiger partial charge < -0.3 is 0 Å². The van der Waals surface area contributed by atoms with E-state index in [4.69, 9.17) is 4.98 Å². The summed E-state index contributed by atoms with van der Waals surface area (Å²) in [5, 5.41) is 7.01. The van der Waals surface area contributed by atoms with Gasteiger partial charge in [-0.3, -0.25) is 14.8 Å². The Morgan fingerprint density at radius 1 is 1.10 bits per heavy atom. The summed E-state index contributed by atoms with van der Waals surface area (Å²) in [5.74, 6) is 0.192. The number of aliphatic imine (C=N–C) groups is 1. The summed E-state index contributed by atoms with van der Waals surface area (Å²) in [7, 11) is 0. The highest BCUT2D eigenvalue weighted by Crippen LogP contribution is 2.50. The molecule has 5 rings (SSSR count). The molecule has 0 saturated heterocycles. The Labute approximate surface area is 173 Å². The highest BCUT2D eigenvalue weighted by atomic mass is 16.1. The smallest absolute Gasteiger partial charge is 0.272 e. The van der Waals surface area contributed by atoms with Gasteiger partial charge in [0.25, 0.3) is 5.56 Å². The van der Waals surface area contributed by atoms with E-state index in [2.05, 4.69) is 41.6 Å². The zero-order valence-corrected chi connectivity index (χ0v) is 16.4. The maximum atomic E-state index is 13.4. The number of nitrogens with zero attached hydrogens (tertiary/aromatic N) is 4. The minimum atomic E-state index is -0.0995. The Morgan fingerprint density at radius 3 is 2.80 bits per heavy atom. The molecule has 0 radical (unpaired) electrons. The summed E-state index contributed by atoms with van der Waals surface area (Å²) >= 11 is 0. The molecule has 2 aromatic heterocycles. The van der Waals surface area contributed by atoms with Crippen molar-refractivity contribution in [2.24, 2.45) is 4.99 Å². The van der Waals surface area contributed by atoms with E-state index in [0.717, 1.165) is 34.0 Å². The monoisotopic (exact) mass is 392 g/mol. The number of aromatic nitrogens is 3. The van der Waals surface area contributed by atoms with Crippen LogP contribution in [-0.4, -0.2) is 21.5 Å². The van der Waals surface area contributed by atoms with Gasteiger partial charge in [0.1, 0.15) is 0 Å². The first-order valence-corrected chi connectivity index (χ1v) is 9.85. The average molecular weight is 392 g/mol. The quantitative estimate of drug-likeness (QED) is 0.358. The first kappa shape index (κ1) is 18.2. The number of rotatable bonds is 5. The average Bonchev–Trinajstić information content (AvgIpc) is 3.57. The molecule has 0 aliphatic heterocycles. The van der Waals surface area contributed by atoms with Gasteiger partial charge in [0.05, 0.1) is 23.1 Å². The number of hydrogen-bond donors (Lipinski definition) is 0. The third-order valence-electron chi connectivity index (χ3n) is 5.64. The fraction of sp³-hybridized carbons (Fsp3) is 0.120. The van der Waals surface area contributed by atoms with Crippen LogP contribution in [0, 0.1) is 0 Å². The standard InChI is InChI=1S/C25H20N4O/c1-16(12-13-26-2)19-8-5-7-18-15-27-29(25(30)24(18)19)23-14-20(23)22-11-10-17-6-3-4-9-21(17)28-22/h3-13,15,20,23H,1-2,14H2/b13-12-.